The quantitative estimate of drug-likeness (QED) is 0.802. The van der Waals surface area contributed by atoms with Crippen LogP contribution in [0.15, 0.2) is 17.5 Å². The summed E-state index contributed by atoms with van der Waals surface area (Å²) in [4.78, 5) is 2.35. The van der Waals surface area contributed by atoms with E-state index in [4.69, 9.17) is 0 Å². The molecular weight excluding hydrogens is 204 g/mol. The van der Waals surface area contributed by atoms with Gasteiger partial charge in [-0.05, 0) is 42.9 Å². The van der Waals surface area contributed by atoms with Crippen LogP contribution in [0.3, 0.4) is 0 Å². The van der Waals surface area contributed by atoms with Gasteiger partial charge >= 0.3 is 0 Å². The van der Waals surface area contributed by atoms with Gasteiger partial charge in [0.1, 0.15) is 0 Å². The standard InChI is InChI=1S/C12H22N2S/c1-10(2)11(8-13-3)9-14(4)12-6-5-7-15-12/h5-7,10-11,13H,8-9H2,1-4H3. The molecule has 0 fully saturated rings. The van der Waals surface area contributed by atoms with Gasteiger partial charge in [0.2, 0.25) is 0 Å². The minimum atomic E-state index is 0.710. The number of nitrogens with zero attached hydrogens (tertiary/aromatic N) is 1. The van der Waals surface area contributed by atoms with Crippen molar-refractivity contribution in [1.82, 2.24) is 5.32 Å². The molecule has 1 aromatic heterocycles. The third-order valence-electron chi connectivity index (χ3n) is 2.80. The SMILES string of the molecule is CNCC(CN(C)c1cccs1)C(C)C. The van der Waals surface area contributed by atoms with Crippen molar-refractivity contribution in [2.24, 2.45) is 11.8 Å². The number of hydrogen-bond acceptors (Lipinski definition) is 3. The van der Waals surface area contributed by atoms with Gasteiger partial charge in [0, 0.05) is 13.6 Å². The number of hydrogen-bond donors (Lipinski definition) is 1. The zero-order valence-electron chi connectivity index (χ0n) is 10.2. The highest BCUT2D eigenvalue weighted by Crippen LogP contribution is 2.22. The van der Waals surface area contributed by atoms with Gasteiger partial charge in [-0.1, -0.05) is 13.8 Å². The average molecular weight is 226 g/mol. The van der Waals surface area contributed by atoms with Crippen molar-refractivity contribution >= 4 is 16.3 Å². The molecule has 1 rings (SSSR count). The molecule has 0 saturated heterocycles. The van der Waals surface area contributed by atoms with Crippen LogP contribution in [0.25, 0.3) is 0 Å². The van der Waals surface area contributed by atoms with E-state index in [1.54, 1.807) is 0 Å². The van der Waals surface area contributed by atoms with Crippen LogP contribution in [0.4, 0.5) is 5.00 Å². The predicted molar refractivity (Wildman–Crippen MR) is 69.8 cm³/mol. The molecule has 0 spiro atoms. The molecule has 0 aliphatic carbocycles. The fraction of sp³-hybridized carbons (Fsp3) is 0.667. The molecule has 15 heavy (non-hydrogen) atoms. The molecule has 1 aromatic rings. The van der Waals surface area contributed by atoms with E-state index in [2.05, 4.69) is 48.6 Å². The molecule has 0 saturated carbocycles. The Hall–Kier alpha value is -0.540. The maximum absolute atomic E-state index is 3.28. The number of anilines is 1. The van der Waals surface area contributed by atoms with Crippen LogP contribution in [0.1, 0.15) is 13.8 Å². The molecular formula is C12H22N2S. The Morgan fingerprint density at radius 1 is 1.47 bits per heavy atom. The highest BCUT2D eigenvalue weighted by molar-refractivity contribution is 7.14. The van der Waals surface area contributed by atoms with E-state index >= 15 is 0 Å². The van der Waals surface area contributed by atoms with Gasteiger partial charge in [0.15, 0.2) is 0 Å². The molecule has 0 aliphatic heterocycles. The Morgan fingerprint density at radius 3 is 2.67 bits per heavy atom. The van der Waals surface area contributed by atoms with E-state index in [0.717, 1.165) is 19.0 Å². The normalized spacial score (nSPS) is 13.1. The monoisotopic (exact) mass is 226 g/mol. The minimum Gasteiger partial charge on any atom is -0.366 e. The Balaban J connectivity index is 2.50. The summed E-state index contributed by atoms with van der Waals surface area (Å²) in [5, 5.41) is 6.77. The lowest BCUT2D eigenvalue weighted by Crippen LogP contribution is -2.34. The van der Waals surface area contributed by atoms with Crippen LogP contribution >= 0.6 is 11.3 Å². The number of nitrogens with one attached hydrogen (secondary N) is 1. The lowest BCUT2D eigenvalue weighted by molar-refractivity contribution is 0.377. The maximum atomic E-state index is 3.28. The first-order chi connectivity index (χ1) is 7.15. The molecule has 2 nitrogen and oxygen atoms in total. The lowest BCUT2D eigenvalue weighted by atomic mass is 9.95. The second-order valence-electron chi connectivity index (χ2n) is 4.39. The van der Waals surface area contributed by atoms with E-state index in [9.17, 15) is 0 Å². The van der Waals surface area contributed by atoms with Crippen molar-refractivity contribution in [1.29, 1.82) is 0 Å². The van der Waals surface area contributed by atoms with Gasteiger partial charge in [-0.2, -0.15) is 0 Å². The molecule has 0 radical (unpaired) electrons. The molecule has 1 unspecified atom stereocenters. The van der Waals surface area contributed by atoms with Crippen molar-refractivity contribution in [2.45, 2.75) is 13.8 Å². The van der Waals surface area contributed by atoms with Crippen LogP contribution in [0.2, 0.25) is 0 Å². The van der Waals surface area contributed by atoms with E-state index in [1.807, 2.05) is 18.4 Å². The van der Waals surface area contributed by atoms with Gasteiger partial charge in [0.05, 0.1) is 5.00 Å². The van der Waals surface area contributed by atoms with Crippen LogP contribution in [-0.4, -0.2) is 27.2 Å². The molecule has 1 atom stereocenters. The van der Waals surface area contributed by atoms with E-state index in [1.165, 1.54) is 5.00 Å². The Labute approximate surface area is 97.3 Å². The Morgan fingerprint density at radius 2 is 2.20 bits per heavy atom. The minimum absolute atomic E-state index is 0.710. The molecule has 0 amide bonds. The van der Waals surface area contributed by atoms with Gasteiger partial charge in [0.25, 0.3) is 0 Å². The number of thiophene rings is 1. The highest BCUT2D eigenvalue weighted by atomic mass is 32.1. The number of rotatable bonds is 6. The average Bonchev–Trinajstić information content (AvgIpc) is 2.69. The largest absolute Gasteiger partial charge is 0.366 e. The molecule has 3 heteroatoms. The van der Waals surface area contributed by atoms with Gasteiger partial charge in [-0.3, -0.25) is 0 Å². The summed E-state index contributed by atoms with van der Waals surface area (Å²) in [6.45, 7) is 6.81. The lowest BCUT2D eigenvalue weighted by Gasteiger charge is -2.27. The van der Waals surface area contributed by atoms with E-state index in [0.29, 0.717) is 5.92 Å². The van der Waals surface area contributed by atoms with Crippen molar-refractivity contribution in [3.05, 3.63) is 17.5 Å². The van der Waals surface area contributed by atoms with Gasteiger partial charge < -0.3 is 10.2 Å². The summed E-state index contributed by atoms with van der Waals surface area (Å²) in [6.07, 6.45) is 0. The van der Waals surface area contributed by atoms with Gasteiger partial charge in [-0.25, -0.2) is 0 Å². The van der Waals surface area contributed by atoms with E-state index in [-0.39, 0.29) is 0 Å². The van der Waals surface area contributed by atoms with Crippen LogP contribution < -0.4 is 10.2 Å². The van der Waals surface area contributed by atoms with E-state index < -0.39 is 0 Å². The molecule has 0 bridgehead atoms. The first kappa shape index (κ1) is 12.5. The fourth-order valence-corrected chi connectivity index (χ4v) is 2.41. The fourth-order valence-electron chi connectivity index (χ4n) is 1.70. The first-order valence-electron chi connectivity index (χ1n) is 5.54. The molecule has 0 aliphatic rings. The summed E-state index contributed by atoms with van der Waals surface area (Å²) in [7, 11) is 4.21. The van der Waals surface area contributed by atoms with Crippen molar-refractivity contribution in [3.63, 3.8) is 0 Å². The van der Waals surface area contributed by atoms with Crippen LogP contribution in [0.5, 0.6) is 0 Å². The second-order valence-corrected chi connectivity index (χ2v) is 5.32. The Bertz CT molecular complexity index is 257. The third kappa shape index (κ3) is 3.84. The summed E-state index contributed by atoms with van der Waals surface area (Å²) in [6, 6.07) is 4.29. The molecule has 0 aromatic carbocycles. The van der Waals surface area contributed by atoms with Crippen molar-refractivity contribution in [3.8, 4) is 0 Å². The topological polar surface area (TPSA) is 15.3 Å². The van der Waals surface area contributed by atoms with Crippen molar-refractivity contribution < 1.29 is 0 Å². The van der Waals surface area contributed by atoms with Crippen LogP contribution in [0, 0.1) is 11.8 Å². The molecule has 86 valence electrons. The molecule has 1 N–H and O–H groups in total. The summed E-state index contributed by atoms with van der Waals surface area (Å²) < 4.78 is 0. The molecule has 1 heterocycles. The zero-order valence-corrected chi connectivity index (χ0v) is 11.0. The zero-order chi connectivity index (χ0) is 11.3. The third-order valence-corrected chi connectivity index (χ3v) is 3.78. The summed E-state index contributed by atoms with van der Waals surface area (Å²) in [5.41, 5.74) is 0. The summed E-state index contributed by atoms with van der Waals surface area (Å²) in [5.74, 6) is 1.43. The first-order valence-corrected chi connectivity index (χ1v) is 6.42. The predicted octanol–water partition coefficient (Wildman–Crippen LogP) is 2.68. The smallest absolute Gasteiger partial charge is 0.0905 e. The summed E-state index contributed by atoms with van der Waals surface area (Å²) >= 11 is 1.81. The van der Waals surface area contributed by atoms with Crippen LogP contribution in [-0.2, 0) is 0 Å². The highest BCUT2D eigenvalue weighted by Gasteiger charge is 2.15. The van der Waals surface area contributed by atoms with Gasteiger partial charge in [-0.15, -0.1) is 11.3 Å². The van der Waals surface area contributed by atoms with Crippen molar-refractivity contribution in [2.75, 3.05) is 32.1 Å². The second kappa shape index (κ2) is 6.13. The maximum Gasteiger partial charge on any atom is 0.0905 e. The Kier molecular flexibility index (Phi) is 5.12.